The van der Waals surface area contributed by atoms with Gasteiger partial charge >= 0.3 is 6.18 Å². The molecule has 0 aliphatic heterocycles. The predicted molar refractivity (Wildman–Crippen MR) is 68.5 cm³/mol. The number of nitrogens with two attached hydrogens (primary N) is 1. The molecular formula is C12H16ClF3N2O. The van der Waals surface area contributed by atoms with E-state index in [1.165, 1.54) is 0 Å². The van der Waals surface area contributed by atoms with Gasteiger partial charge in [-0.05, 0) is 36.8 Å². The van der Waals surface area contributed by atoms with Gasteiger partial charge in [-0.15, -0.1) is 12.4 Å². The Balaban J connectivity index is 0.00000180. The van der Waals surface area contributed by atoms with Gasteiger partial charge in [0.15, 0.2) is 0 Å². The lowest BCUT2D eigenvalue weighted by atomic mass is 9.96. The van der Waals surface area contributed by atoms with Crippen LogP contribution in [0.5, 0.6) is 0 Å². The number of rotatable bonds is 1. The maximum atomic E-state index is 12.9. The molecule has 1 aromatic rings. The number of hydrogen-bond donors (Lipinski definition) is 2. The minimum Gasteiger partial charge on any atom is -0.326 e. The van der Waals surface area contributed by atoms with Gasteiger partial charge in [-0.3, -0.25) is 4.79 Å². The number of H-pyrrole nitrogens is 1. The van der Waals surface area contributed by atoms with E-state index in [1.807, 2.05) is 4.98 Å². The highest BCUT2D eigenvalue weighted by Crippen LogP contribution is 2.34. The molecule has 1 heterocycles. The van der Waals surface area contributed by atoms with E-state index in [-0.39, 0.29) is 24.5 Å². The van der Waals surface area contributed by atoms with Crippen molar-refractivity contribution in [3.8, 4) is 0 Å². The zero-order chi connectivity index (χ0) is 13.3. The van der Waals surface area contributed by atoms with Crippen LogP contribution in [0.1, 0.15) is 41.6 Å². The van der Waals surface area contributed by atoms with Crippen LogP contribution < -0.4 is 11.3 Å². The summed E-state index contributed by atoms with van der Waals surface area (Å²) < 4.78 is 38.8. The van der Waals surface area contributed by atoms with Crippen LogP contribution in [-0.4, -0.2) is 4.98 Å². The number of aromatic nitrogens is 1. The molecule has 0 saturated carbocycles. The largest absolute Gasteiger partial charge is 0.431 e. The maximum Gasteiger partial charge on any atom is 0.431 e. The van der Waals surface area contributed by atoms with Crippen molar-refractivity contribution in [2.45, 2.75) is 44.8 Å². The number of alkyl halides is 3. The highest BCUT2D eigenvalue weighted by Gasteiger charge is 2.36. The molecule has 2 rings (SSSR count). The van der Waals surface area contributed by atoms with E-state index in [0.717, 1.165) is 12.8 Å². The van der Waals surface area contributed by atoms with E-state index < -0.39 is 17.4 Å². The molecular weight excluding hydrogens is 281 g/mol. The second-order valence-electron chi connectivity index (χ2n) is 4.53. The molecule has 1 aliphatic rings. The van der Waals surface area contributed by atoms with Crippen molar-refractivity contribution in [2.24, 2.45) is 5.73 Å². The standard InChI is InChI=1S/C12H15F3N2O.ClH/c13-12(14,15)10-8-5-3-1-2-4-7(8)9(6-16)11(18)17-10;/h1-6,16H2,(H,17,18);1H. The molecule has 0 unspecified atom stereocenters. The van der Waals surface area contributed by atoms with Crippen LogP contribution in [0.4, 0.5) is 13.2 Å². The molecule has 7 heteroatoms. The molecule has 19 heavy (non-hydrogen) atoms. The van der Waals surface area contributed by atoms with Crippen LogP contribution in [0, 0.1) is 0 Å². The average molecular weight is 297 g/mol. The van der Waals surface area contributed by atoms with Gasteiger partial charge in [0, 0.05) is 12.1 Å². The zero-order valence-electron chi connectivity index (χ0n) is 10.3. The molecule has 0 fully saturated rings. The molecule has 1 aliphatic carbocycles. The van der Waals surface area contributed by atoms with Gasteiger partial charge in [-0.25, -0.2) is 0 Å². The van der Waals surface area contributed by atoms with Crippen molar-refractivity contribution in [3.05, 3.63) is 32.7 Å². The van der Waals surface area contributed by atoms with E-state index in [1.54, 1.807) is 0 Å². The highest BCUT2D eigenvalue weighted by molar-refractivity contribution is 5.85. The second kappa shape index (κ2) is 5.96. The summed E-state index contributed by atoms with van der Waals surface area (Å²) in [4.78, 5) is 13.6. The summed E-state index contributed by atoms with van der Waals surface area (Å²) in [5.41, 5.74) is 4.95. The maximum absolute atomic E-state index is 12.9. The Bertz CT molecular complexity index is 511. The quantitative estimate of drug-likeness (QED) is 0.783. The summed E-state index contributed by atoms with van der Waals surface area (Å²) in [5, 5.41) is 0. The lowest BCUT2D eigenvalue weighted by Gasteiger charge is -2.17. The van der Waals surface area contributed by atoms with Gasteiger partial charge in [-0.1, -0.05) is 6.42 Å². The third kappa shape index (κ3) is 3.12. The number of hydrogen-bond acceptors (Lipinski definition) is 2. The van der Waals surface area contributed by atoms with E-state index in [0.29, 0.717) is 30.4 Å². The first-order valence-electron chi connectivity index (χ1n) is 5.99. The number of aromatic amines is 1. The van der Waals surface area contributed by atoms with Crippen LogP contribution in [0.2, 0.25) is 0 Å². The molecule has 0 aromatic carbocycles. The van der Waals surface area contributed by atoms with E-state index >= 15 is 0 Å². The SMILES string of the molecule is Cl.NCc1c2c(c(C(F)(F)F)[nH]c1=O)CCCCC2. The third-order valence-corrected chi connectivity index (χ3v) is 3.38. The molecule has 3 nitrogen and oxygen atoms in total. The van der Waals surface area contributed by atoms with Crippen LogP contribution in [0.3, 0.4) is 0 Å². The Kier molecular flexibility index (Phi) is 5.04. The van der Waals surface area contributed by atoms with Gasteiger partial charge in [0.25, 0.3) is 5.56 Å². The fourth-order valence-electron chi connectivity index (χ4n) is 2.55. The lowest BCUT2D eigenvalue weighted by Crippen LogP contribution is -2.26. The van der Waals surface area contributed by atoms with Crippen molar-refractivity contribution in [2.75, 3.05) is 0 Å². The fourth-order valence-corrected chi connectivity index (χ4v) is 2.55. The Labute approximate surface area is 114 Å². The molecule has 0 radical (unpaired) electrons. The molecule has 0 bridgehead atoms. The average Bonchev–Trinajstić information content (AvgIpc) is 2.52. The van der Waals surface area contributed by atoms with Crippen molar-refractivity contribution >= 4 is 12.4 Å². The fraction of sp³-hybridized carbons (Fsp3) is 0.583. The second-order valence-corrected chi connectivity index (χ2v) is 4.53. The summed E-state index contributed by atoms with van der Waals surface area (Å²) in [6.45, 7) is -0.0181. The molecule has 3 N–H and O–H groups in total. The van der Waals surface area contributed by atoms with Crippen LogP contribution in [0.25, 0.3) is 0 Å². The van der Waals surface area contributed by atoms with Crippen LogP contribution in [0.15, 0.2) is 4.79 Å². The number of halogens is 4. The van der Waals surface area contributed by atoms with Gasteiger partial charge in [0.1, 0.15) is 5.69 Å². The van der Waals surface area contributed by atoms with Crippen molar-refractivity contribution < 1.29 is 13.2 Å². The van der Waals surface area contributed by atoms with Gasteiger partial charge in [0.2, 0.25) is 0 Å². The minimum atomic E-state index is -4.51. The summed E-state index contributed by atoms with van der Waals surface area (Å²) in [6.07, 6.45) is -1.25. The van der Waals surface area contributed by atoms with Crippen molar-refractivity contribution in [1.29, 1.82) is 0 Å². The van der Waals surface area contributed by atoms with Gasteiger partial charge < -0.3 is 10.7 Å². The lowest BCUT2D eigenvalue weighted by molar-refractivity contribution is -0.142. The topological polar surface area (TPSA) is 58.9 Å². The van der Waals surface area contributed by atoms with E-state index in [9.17, 15) is 18.0 Å². The van der Waals surface area contributed by atoms with Crippen molar-refractivity contribution in [1.82, 2.24) is 4.98 Å². The predicted octanol–water partition coefficient (Wildman–Crippen LogP) is 2.54. The van der Waals surface area contributed by atoms with Crippen LogP contribution in [-0.2, 0) is 25.6 Å². The number of pyridine rings is 1. The van der Waals surface area contributed by atoms with Gasteiger partial charge in [0.05, 0.1) is 0 Å². The Morgan fingerprint density at radius 1 is 1.11 bits per heavy atom. The first-order valence-corrected chi connectivity index (χ1v) is 5.99. The summed E-state index contributed by atoms with van der Waals surface area (Å²) in [5.74, 6) is 0. The normalized spacial score (nSPS) is 15.4. The zero-order valence-corrected chi connectivity index (χ0v) is 11.1. The molecule has 0 amide bonds. The Morgan fingerprint density at radius 3 is 2.21 bits per heavy atom. The first kappa shape index (κ1) is 16.0. The smallest absolute Gasteiger partial charge is 0.326 e. The molecule has 1 aromatic heterocycles. The summed E-state index contributed by atoms with van der Waals surface area (Å²) in [6, 6.07) is 0. The first-order chi connectivity index (χ1) is 8.45. The molecule has 0 atom stereocenters. The van der Waals surface area contributed by atoms with E-state index in [4.69, 9.17) is 5.73 Å². The van der Waals surface area contributed by atoms with Crippen molar-refractivity contribution in [3.63, 3.8) is 0 Å². The Hall–Kier alpha value is -1.01. The molecule has 0 spiro atoms. The minimum absolute atomic E-state index is 0. The highest BCUT2D eigenvalue weighted by atomic mass is 35.5. The van der Waals surface area contributed by atoms with Crippen LogP contribution >= 0.6 is 12.4 Å². The summed E-state index contributed by atoms with van der Waals surface area (Å²) in [7, 11) is 0. The number of nitrogens with one attached hydrogen (secondary N) is 1. The third-order valence-electron chi connectivity index (χ3n) is 3.38. The van der Waals surface area contributed by atoms with E-state index in [2.05, 4.69) is 0 Å². The number of fused-ring (bicyclic) bond motifs is 1. The monoisotopic (exact) mass is 296 g/mol. The van der Waals surface area contributed by atoms with Gasteiger partial charge in [-0.2, -0.15) is 13.2 Å². The molecule has 0 saturated heterocycles. The summed E-state index contributed by atoms with van der Waals surface area (Å²) >= 11 is 0. The molecule has 108 valence electrons. The Morgan fingerprint density at radius 2 is 1.68 bits per heavy atom.